The Kier molecular flexibility index (Phi) is 7.21. The maximum atomic E-state index is 12.3. The van der Waals surface area contributed by atoms with Gasteiger partial charge in [-0.3, -0.25) is 14.5 Å². The number of nitrogens with zero attached hydrogens (tertiary/aromatic N) is 1. The molecule has 1 atom stereocenters. The Morgan fingerprint density at radius 1 is 1.17 bits per heavy atom. The molecule has 29 heavy (non-hydrogen) atoms. The maximum absolute atomic E-state index is 12.3. The average Bonchev–Trinajstić information content (AvgIpc) is 2.87. The first-order valence-electron chi connectivity index (χ1n) is 9.44. The maximum Gasteiger partial charge on any atom is 0.325 e. The van der Waals surface area contributed by atoms with E-state index in [9.17, 15) is 14.4 Å². The van der Waals surface area contributed by atoms with Crippen LogP contribution in [0.25, 0.3) is 10.8 Å². The van der Waals surface area contributed by atoms with E-state index in [1.165, 1.54) is 0 Å². The lowest BCUT2D eigenvalue weighted by atomic mass is 10.0. The van der Waals surface area contributed by atoms with Crippen molar-refractivity contribution in [1.82, 2.24) is 15.5 Å². The van der Waals surface area contributed by atoms with E-state index in [0.717, 1.165) is 21.2 Å². The van der Waals surface area contributed by atoms with Gasteiger partial charge in [0.15, 0.2) is 0 Å². The smallest absolute Gasteiger partial charge is 0.325 e. The molecule has 4 amide bonds. The minimum atomic E-state index is -0.889. The highest BCUT2D eigenvalue weighted by Crippen LogP contribution is 2.20. The van der Waals surface area contributed by atoms with Crippen LogP contribution >= 0.6 is 12.4 Å². The lowest BCUT2D eigenvalue weighted by molar-refractivity contribution is -0.130. The molecule has 156 valence electrons. The number of hydrogen-bond acceptors (Lipinski definition) is 4. The van der Waals surface area contributed by atoms with E-state index in [2.05, 4.69) is 10.6 Å². The van der Waals surface area contributed by atoms with Gasteiger partial charge in [0.25, 0.3) is 5.91 Å². The third-order valence-electron chi connectivity index (χ3n) is 4.98. The number of benzene rings is 2. The molecule has 0 saturated carbocycles. The number of urea groups is 1. The SMILES string of the molecule is CC1(C)NC(=O)N(CCCC(=O)NC(CN)c2ccc3ccccc3c2)C1=O.Cl. The fourth-order valence-electron chi connectivity index (χ4n) is 3.39. The zero-order valence-electron chi connectivity index (χ0n) is 16.6. The highest BCUT2D eigenvalue weighted by Gasteiger charge is 2.43. The Morgan fingerprint density at radius 3 is 2.48 bits per heavy atom. The van der Waals surface area contributed by atoms with Crippen molar-refractivity contribution in [2.24, 2.45) is 5.73 Å². The first-order valence-corrected chi connectivity index (χ1v) is 9.44. The van der Waals surface area contributed by atoms with Gasteiger partial charge >= 0.3 is 6.03 Å². The molecule has 0 bridgehead atoms. The second-order valence-electron chi connectivity index (χ2n) is 7.58. The summed E-state index contributed by atoms with van der Waals surface area (Å²) in [5.74, 6) is -0.427. The zero-order valence-corrected chi connectivity index (χ0v) is 17.4. The Morgan fingerprint density at radius 2 is 1.86 bits per heavy atom. The van der Waals surface area contributed by atoms with Crippen LogP contribution in [0, 0.1) is 0 Å². The molecule has 1 unspecified atom stereocenters. The summed E-state index contributed by atoms with van der Waals surface area (Å²) in [5.41, 5.74) is 5.93. The minimum absolute atomic E-state index is 0. The van der Waals surface area contributed by atoms with Gasteiger partial charge in [-0.2, -0.15) is 0 Å². The molecule has 0 aromatic heterocycles. The second-order valence-corrected chi connectivity index (χ2v) is 7.58. The number of nitrogens with one attached hydrogen (secondary N) is 2. The largest absolute Gasteiger partial charge is 0.348 e. The molecule has 4 N–H and O–H groups in total. The summed E-state index contributed by atoms with van der Waals surface area (Å²) in [6.45, 7) is 3.82. The van der Waals surface area contributed by atoms with E-state index in [1.807, 2.05) is 42.5 Å². The normalized spacial score (nSPS) is 16.3. The van der Waals surface area contributed by atoms with E-state index in [0.29, 0.717) is 6.42 Å². The summed E-state index contributed by atoms with van der Waals surface area (Å²) >= 11 is 0. The Labute approximate surface area is 176 Å². The van der Waals surface area contributed by atoms with Gasteiger partial charge < -0.3 is 16.4 Å². The summed E-state index contributed by atoms with van der Waals surface area (Å²) in [5, 5.41) is 7.79. The van der Waals surface area contributed by atoms with Gasteiger partial charge in [-0.15, -0.1) is 12.4 Å². The van der Waals surface area contributed by atoms with Crippen LogP contribution in [-0.4, -0.2) is 41.4 Å². The van der Waals surface area contributed by atoms with Gasteiger partial charge in [-0.1, -0.05) is 36.4 Å². The highest BCUT2D eigenvalue weighted by atomic mass is 35.5. The molecule has 1 heterocycles. The van der Waals surface area contributed by atoms with Gasteiger partial charge in [0.2, 0.25) is 5.91 Å². The molecule has 1 fully saturated rings. The van der Waals surface area contributed by atoms with E-state index in [4.69, 9.17) is 5.73 Å². The molecular weight excluding hydrogens is 392 g/mol. The van der Waals surface area contributed by atoms with Crippen LogP contribution in [0.15, 0.2) is 42.5 Å². The Balaban J connectivity index is 0.00000300. The van der Waals surface area contributed by atoms with Crippen molar-refractivity contribution in [3.63, 3.8) is 0 Å². The Hall–Kier alpha value is -2.64. The van der Waals surface area contributed by atoms with Crippen molar-refractivity contribution in [2.75, 3.05) is 13.1 Å². The van der Waals surface area contributed by atoms with Crippen LogP contribution in [0.4, 0.5) is 4.79 Å². The predicted molar refractivity (Wildman–Crippen MR) is 115 cm³/mol. The minimum Gasteiger partial charge on any atom is -0.348 e. The predicted octanol–water partition coefficient (Wildman–Crippen LogP) is 2.49. The summed E-state index contributed by atoms with van der Waals surface area (Å²) in [7, 11) is 0. The van der Waals surface area contributed by atoms with Crippen molar-refractivity contribution >= 4 is 41.0 Å². The molecular formula is C21H27ClN4O3. The second kappa shape index (κ2) is 9.24. The number of imide groups is 1. The summed E-state index contributed by atoms with van der Waals surface area (Å²) < 4.78 is 0. The van der Waals surface area contributed by atoms with Crippen molar-refractivity contribution < 1.29 is 14.4 Å². The van der Waals surface area contributed by atoms with E-state index < -0.39 is 11.6 Å². The molecule has 7 nitrogen and oxygen atoms in total. The summed E-state index contributed by atoms with van der Waals surface area (Å²) in [6.07, 6.45) is 0.609. The molecule has 1 aliphatic heterocycles. The molecule has 8 heteroatoms. The number of nitrogens with two attached hydrogens (primary N) is 1. The van der Waals surface area contributed by atoms with Crippen molar-refractivity contribution in [3.05, 3.63) is 48.0 Å². The van der Waals surface area contributed by atoms with Crippen LogP contribution in [0.1, 0.15) is 38.3 Å². The molecule has 0 aliphatic carbocycles. The van der Waals surface area contributed by atoms with Gasteiger partial charge in [0, 0.05) is 19.5 Å². The van der Waals surface area contributed by atoms with Gasteiger partial charge in [0.1, 0.15) is 5.54 Å². The van der Waals surface area contributed by atoms with Crippen molar-refractivity contribution in [2.45, 2.75) is 38.3 Å². The van der Waals surface area contributed by atoms with Crippen molar-refractivity contribution in [1.29, 1.82) is 0 Å². The summed E-state index contributed by atoms with van der Waals surface area (Å²) in [6, 6.07) is 13.3. The first-order chi connectivity index (χ1) is 13.3. The van der Waals surface area contributed by atoms with E-state index >= 15 is 0 Å². The Bertz CT molecular complexity index is 916. The number of fused-ring (bicyclic) bond motifs is 1. The lowest BCUT2D eigenvalue weighted by Gasteiger charge is -2.19. The van der Waals surface area contributed by atoms with E-state index in [1.54, 1.807) is 13.8 Å². The zero-order chi connectivity index (χ0) is 20.3. The van der Waals surface area contributed by atoms with Crippen LogP contribution < -0.4 is 16.4 Å². The van der Waals surface area contributed by atoms with Gasteiger partial charge in [-0.05, 0) is 42.7 Å². The van der Waals surface area contributed by atoms with Crippen LogP contribution in [0.3, 0.4) is 0 Å². The number of carbonyl (C=O) groups is 3. The molecule has 1 saturated heterocycles. The standard InChI is InChI=1S/C21H26N4O3.ClH/c1-21(2)19(27)25(20(28)24-21)11-5-8-18(26)23-17(13-22)16-10-9-14-6-3-4-7-15(14)12-16;/h3-4,6-7,9-10,12,17H,5,8,11,13,22H2,1-2H3,(H,23,26)(H,24,28);1H. The highest BCUT2D eigenvalue weighted by molar-refractivity contribution is 6.06. The average molecular weight is 419 g/mol. The lowest BCUT2D eigenvalue weighted by Crippen LogP contribution is -2.40. The van der Waals surface area contributed by atoms with Gasteiger partial charge in [0.05, 0.1) is 6.04 Å². The third kappa shape index (κ3) is 5.05. The summed E-state index contributed by atoms with van der Waals surface area (Å²) in [4.78, 5) is 37.5. The number of rotatable bonds is 7. The quantitative estimate of drug-likeness (QED) is 0.601. The molecule has 3 rings (SSSR count). The monoisotopic (exact) mass is 418 g/mol. The van der Waals surface area contributed by atoms with Crippen LogP contribution in [-0.2, 0) is 9.59 Å². The first kappa shape index (κ1) is 22.6. The number of amides is 4. The van der Waals surface area contributed by atoms with Crippen LogP contribution in [0.5, 0.6) is 0 Å². The number of halogens is 1. The third-order valence-corrected chi connectivity index (χ3v) is 4.98. The molecule has 0 spiro atoms. The molecule has 0 radical (unpaired) electrons. The molecule has 2 aromatic rings. The molecule has 1 aliphatic rings. The fraction of sp³-hybridized carbons (Fsp3) is 0.381. The fourth-order valence-corrected chi connectivity index (χ4v) is 3.39. The van der Waals surface area contributed by atoms with Crippen LogP contribution in [0.2, 0.25) is 0 Å². The molecule has 2 aromatic carbocycles. The van der Waals surface area contributed by atoms with Crippen molar-refractivity contribution in [3.8, 4) is 0 Å². The topological polar surface area (TPSA) is 105 Å². The van der Waals surface area contributed by atoms with Gasteiger partial charge in [-0.25, -0.2) is 4.79 Å². The number of hydrogen-bond donors (Lipinski definition) is 3. The number of carbonyl (C=O) groups excluding carboxylic acids is 3. The van der Waals surface area contributed by atoms with E-state index in [-0.39, 0.29) is 49.8 Å².